The lowest BCUT2D eigenvalue weighted by molar-refractivity contribution is 0.941. The predicted octanol–water partition coefficient (Wildman–Crippen LogP) is 4.50. The second kappa shape index (κ2) is 5.83. The van der Waals surface area contributed by atoms with Crippen LogP contribution >= 0.6 is 22.6 Å². The number of aromatic nitrogens is 2. The molecule has 110 valence electrons. The van der Waals surface area contributed by atoms with Crippen LogP contribution in [0.1, 0.15) is 12.8 Å². The zero-order valence-electron chi connectivity index (χ0n) is 12.2. The molecule has 3 nitrogen and oxygen atoms in total. The molecule has 1 aliphatic rings. The van der Waals surface area contributed by atoms with Crippen molar-refractivity contribution >= 4 is 39.3 Å². The van der Waals surface area contributed by atoms with Gasteiger partial charge < -0.3 is 4.90 Å². The molecule has 0 unspecified atom stereocenters. The van der Waals surface area contributed by atoms with Gasteiger partial charge in [0.2, 0.25) is 0 Å². The van der Waals surface area contributed by atoms with Crippen LogP contribution in [0.2, 0.25) is 0 Å². The molecule has 0 radical (unpaired) electrons. The molecule has 1 aromatic heterocycles. The van der Waals surface area contributed by atoms with Crippen molar-refractivity contribution in [1.29, 1.82) is 0 Å². The lowest BCUT2D eigenvalue weighted by atomic mass is 10.2. The molecule has 0 atom stereocenters. The van der Waals surface area contributed by atoms with Crippen LogP contribution in [0.15, 0.2) is 48.5 Å². The Hall–Kier alpha value is -1.69. The molecule has 0 amide bonds. The number of nitrogens with zero attached hydrogens (tertiary/aromatic N) is 3. The Morgan fingerprint density at radius 3 is 2.36 bits per heavy atom. The summed E-state index contributed by atoms with van der Waals surface area (Å²) in [6, 6.07) is 16.7. The van der Waals surface area contributed by atoms with E-state index in [0.29, 0.717) is 0 Å². The van der Waals surface area contributed by atoms with Crippen molar-refractivity contribution in [3.63, 3.8) is 0 Å². The molecule has 0 spiro atoms. The van der Waals surface area contributed by atoms with Crippen molar-refractivity contribution in [2.75, 3.05) is 18.0 Å². The number of hydrogen-bond donors (Lipinski definition) is 0. The van der Waals surface area contributed by atoms with Crippen molar-refractivity contribution in [2.24, 2.45) is 0 Å². The molecule has 1 saturated heterocycles. The molecular weight excluding hydrogens is 385 g/mol. The fourth-order valence-electron chi connectivity index (χ4n) is 2.96. The average molecular weight is 401 g/mol. The number of fused-ring (bicyclic) bond motifs is 1. The summed E-state index contributed by atoms with van der Waals surface area (Å²) in [5.41, 5.74) is 2.10. The van der Waals surface area contributed by atoms with Crippen LogP contribution in [-0.4, -0.2) is 23.1 Å². The maximum Gasteiger partial charge on any atom is 0.162 e. The van der Waals surface area contributed by atoms with Crippen molar-refractivity contribution in [3.05, 3.63) is 52.1 Å². The van der Waals surface area contributed by atoms with Gasteiger partial charge in [-0.3, -0.25) is 0 Å². The van der Waals surface area contributed by atoms with Gasteiger partial charge in [-0.25, -0.2) is 9.97 Å². The highest BCUT2D eigenvalue weighted by Gasteiger charge is 2.18. The van der Waals surface area contributed by atoms with Gasteiger partial charge in [-0.05, 0) is 59.7 Å². The molecule has 0 aliphatic carbocycles. The van der Waals surface area contributed by atoms with Crippen molar-refractivity contribution in [1.82, 2.24) is 9.97 Å². The minimum atomic E-state index is 0.817. The van der Waals surface area contributed by atoms with Crippen molar-refractivity contribution in [3.8, 4) is 11.4 Å². The highest BCUT2D eigenvalue weighted by atomic mass is 127. The smallest absolute Gasteiger partial charge is 0.162 e. The lowest BCUT2D eigenvalue weighted by Gasteiger charge is -2.19. The van der Waals surface area contributed by atoms with Gasteiger partial charge in [-0.2, -0.15) is 0 Å². The first-order chi connectivity index (χ1) is 10.8. The van der Waals surface area contributed by atoms with Gasteiger partial charge in [0.05, 0.1) is 5.52 Å². The number of halogens is 1. The Balaban J connectivity index is 1.90. The summed E-state index contributed by atoms with van der Waals surface area (Å²) in [5, 5.41) is 1.15. The van der Waals surface area contributed by atoms with Gasteiger partial charge in [0.25, 0.3) is 0 Å². The fourth-order valence-corrected chi connectivity index (χ4v) is 3.32. The lowest BCUT2D eigenvalue weighted by Crippen LogP contribution is -2.19. The van der Waals surface area contributed by atoms with E-state index in [0.717, 1.165) is 41.2 Å². The molecule has 3 aromatic rings. The molecule has 1 aliphatic heterocycles. The quantitative estimate of drug-likeness (QED) is 0.592. The second-order valence-corrected chi connectivity index (χ2v) is 6.83. The third-order valence-electron chi connectivity index (χ3n) is 4.09. The summed E-state index contributed by atoms with van der Waals surface area (Å²) < 4.78 is 1.22. The van der Waals surface area contributed by atoms with Crippen LogP contribution in [0.5, 0.6) is 0 Å². The van der Waals surface area contributed by atoms with Gasteiger partial charge >= 0.3 is 0 Å². The number of benzene rings is 2. The standard InChI is InChI=1S/C18H16IN3/c19-14-9-7-13(8-10-14)17-20-16-6-2-1-5-15(16)18(21-17)22-11-3-4-12-22/h1-2,5-10H,3-4,11-12H2. The van der Waals surface area contributed by atoms with Crippen LogP contribution in [-0.2, 0) is 0 Å². The van der Waals surface area contributed by atoms with Gasteiger partial charge in [0.1, 0.15) is 5.82 Å². The number of para-hydroxylation sites is 1. The Bertz CT molecular complexity index is 808. The highest BCUT2D eigenvalue weighted by molar-refractivity contribution is 14.1. The van der Waals surface area contributed by atoms with Gasteiger partial charge in [-0.1, -0.05) is 24.3 Å². The van der Waals surface area contributed by atoms with Gasteiger partial charge in [0, 0.05) is 27.6 Å². The van der Waals surface area contributed by atoms with E-state index >= 15 is 0 Å². The molecular formula is C18H16IN3. The Kier molecular flexibility index (Phi) is 3.70. The van der Waals surface area contributed by atoms with E-state index in [1.165, 1.54) is 16.4 Å². The topological polar surface area (TPSA) is 29.0 Å². The SMILES string of the molecule is Ic1ccc(-c2nc(N3CCCC3)c3ccccc3n2)cc1. The minimum absolute atomic E-state index is 0.817. The Morgan fingerprint density at radius 1 is 0.864 bits per heavy atom. The molecule has 0 saturated carbocycles. The van der Waals surface area contributed by atoms with E-state index < -0.39 is 0 Å². The average Bonchev–Trinajstić information content (AvgIpc) is 3.09. The van der Waals surface area contributed by atoms with E-state index in [4.69, 9.17) is 9.97 Å². The van der Waals surface area contributed by atoms with Crippen LogP contribution in [0.25, 0.3) is 22.3 Å². The van der Waals surface area contributed by atoms with E-state index in [-0.39, 0.29) is 0 Å². The number of anilines is 1. The second-order valence-electron chi connectivity index (χ2n) is 5.59. The summed E-state index contributed by atoms with van der Waals surface area (Å²) in [6.45, 7) is 2.18. The van der Waals surface area contributed by atoms with Crippen LogP contribution in [0.3, 0.4) is 0 Å². The Morgan fingerprint density at radius 2 is 1.59 bits per heavy atom. The van der Waals surface area contributed by atoms with Gasteiger partial charge in [-0.15, -0.1) is 0 Å². The molecule has 1 fully saturated rings. The van der Waals surface area contributed by atoms with Crippen molar-refractivity contribution < 1.29 is 0 Å². The molecule has 4 rings (SSSR count). The summed E-state index contributed by atoms with van der Waals surface area (Å²) >= 11 is 2.32. The molecule has 4 heteroatoms. The maximum absolute atomic E-state index is 4.90. The third kappa shape index (κ3) is 2.56. The highest BCUT2D eigenvalue weighted by Crippen LogP contribution is 2.29. The summed E-state index contributed by atoms with van der Waals surface area (Å²) in [7, 11) is 0. The monoisotopic (exact) mass is 401 g/mol. The summed E-state index contributed by atoms with van der Waals surface area (Å²) in [4.78, 5) is 12.1. The Labute approximate surface area is 143 Å². The first-order valence-corrected chi connectivity index (χ1v) is 8.67. The summed E-state index contributed by atoms with van der Waals surface area (Å²) in [6.07, 6.45) is 2.49. The zero-order chi connectivity index (χ0) is 14.9. The van der Waals surface area contributed by atoms with E-state index in [2.05, 4.69) is 70.0 Å². The molecule has 0 bridgehead atoms. The summed E-state index contributed by atoms with van der Waals surface area (Å²) in [5.74, 6) is 1.90. The largest absolute Gasteiger partial charge is 0.356 e. The van der Waals surface area contributed by atoms with Crippen LogP contribution in [0.4, 0.5) is 5.82 Å². The first-order valence-electron chi connectivity index (χ1n) is 7.59. The fraction of sp³-hybridized carbons (Fsp3) is 0.222. The van der Waals surface area contributed by atoms with E-state index in [1.54, 1.807) is 0 Å². The van der Waals surface area contributed by atoms with Crippen LogP contribution in [0, 0.1) is 3.57 Å². The van der Waals surface area contributed by atoms with Gasteiger partial charge in [0.15, 0.2) is 5.82 Å². The minimum Gasteiger partial charge on any atom is -0.356 e. The van der Waals surface area contributed by atoms with E-state index in [9.17, 15) is 0 Å². The number of hydrogen-bond acceptors (Lipinski definition) is 3. The zero-order valence-corrected chi connectivity index (χ0v) is 14.3. The normalized spacial score (nSPS) is 14.7. The molecule has 2 heterocycles. The predicted molar refractivity (Wildman–Crippen MR) is 99.1 cm³/mol. The molecule has 22 heavy (non-hydrogen) atoms. The van der Waals surface area contributed by atoms with Crippen molar-refractivity contribution in [2.45, 2.75) is 12.8 Å². The first kappa shape index (κ1) is 13.9. The molecule has 0 N–H and O–H groups in total. The van der Waals surface area contributed by atoms with Crippen LogP contribution < -0.4 is 4.90 Å². The van der Waals surface area contributed by atoms with E-state index in [1.807, 2.05) is 6.07 Å². The number of rotatable bonds is 2. The molecule has 2 aromatic carbocycles. The maximum atomic E-state index is 4.90. The third-order valence-corrected chi connectivity index (χ3v) is 4.81.